The third-order valence-corrected chi connectivity index (χ3v) is 6.64. The summed E-state index contributed by atoms with van der Waals surface area (Å²) < 4.78 is 0. The summed E-state index contributed by atoms with van der Waals surface area (Å²) in [4.78, 5) is 51.5. The van der Waals surface area contributed by atoms with Gasteiger partial charge in [-0.25, -0.2) is 9.97 Å². The molecule has 0 aliphatic carbocycles. The quantitative estimate of drug-likeness (QED) is 0.556. The molecular formula is C25H30ClN5O3. The van der Waals surface area contributed by atoms with E-state index in [2.05, 4.69) is 4.98 Å². The lowest BCUT2D eigenvalue weighted by Crippen LogP contribution is -2.39. The second kappa shape index (κ2) is 10.5. The molecule has 1 aromatic heterocycles. The van der Waals surface area contributed by atoms with E-state index >= 15 is 0 Å². The summed E-state index contributed by atoms with van der Waals surface area (Å²) in [6.45, 7) is 0.954. The van der Waals surface area contributed by atoms with Gasteiger partial charge in [-0.3, -0.25) is 19.3 Å². The summed E-state index contributed by atoms with van der Waals surface area (Å²) in [5.41, 5.74) is 2.60. The highest BCUT2D eigenvalue weighted by Crippen LogP contribution is 2.37. The number of nitrogens with zero attached hydrogens (tertiary/aromatic N) is 5. The van der Waals surface area contributed by atoms with Gasteiger partial charge in [0.2, 0.25) is 23.7 Å². The lowest BCUT2D eigenvalue weighted by molar-refractivity contribution is -0.140. The van der Waals surface area contributed by atoms with Crippen molar-refractivity contribution in [1.29, 1.82) is 0 Å². The van der Waals surface area contributed by atoms with E-state index in [0.29, 0.717) is 30.5 Å². The van der Waals surface area contributed by atoms with Gasteiger partial charge in [0.15, 0.2) is 0 Å². The van der Waals surface area contributed by atoms with Crippen LogP contribution < -0.4 is 4.90 Å². The van der Waals surface area contributed by atoms with Gasteiger partial charge in [0.05, 0.1) is 11.7 Å². The Morgan fingerprint density at radius 2 is 1.94 bits per heavy atom. The Kier molecular flexibility index (Phi) is 7.46. The van der Waals surface area contributed by atoms with Crippen LogP contribution in [-0.2, 0) is 14.4 Å². The van der Waals surface area contributed by atoms with E-state index in [-0.39, 0.29) is 43.0 Å². The van der Waals surface area contributed by atoms with E-state index in [1.54, 1.807) is 0 Å². The van der Waals surface area contributed by atoms with Crippen molar-refractivity contribution >= 4 is 35.3 Å². The van der Waals surface area contributed by atoms with Crippen molar-refractivity contribution < 1.29 is 14.4 Å². The number of anilines is 1. The molecule has 1 aromatic carbocycles. The van der Waals surface area contributed by atoms with Gasteiger partial charge in [-0.1, -0.05) is 23.7 Å². The fraction of sp³-hybridized carbons (Fsp3) is 0.480. The van der Waals surface area contributed by atoms with Gasteiger partial charge >= 0.3 is 0 Å². The number of rotatable bonds is 7. The molecule has 2 aliphatic rings. The van der Waals surface area contributed by atoms with Crippen molar-refractivity contribution in [2.75, 3.05) is 32.1 Å². The molecule has 1 atom stereocenters. The molecule has 2 saturated heterocycles. The molecule has 2 aromatic rings. The van der Waals surface area contributed by atoms with Gasteiger partial charge in [0.25, 0.3) is 0 Å². The minimum Gasteiger partial charge on any atom is -0.347 e. The number of amides is 3. The molecule has 1 unspecified atom stereocenters. The van der Waals surface area contributed by atoms with Crippen LogP contribution in [0, 0.1) is 0 Å². The van der Waals surface area contributed by atoms with Crippen LogP contribution in [-0.4, -0.2) is 64.7 Å². The number of aromatic nitrogens is 2. The second-order valence-corrected chi connectivity index (χ2v) is 9.45. The van der Waals surface area contributed by atoms with Crippen LogP contribution in [0.2, 0.25) is 5.02 Å². The van der Waals surface area contributed by atoms with E-state index in [1.807, 2.05) is 54.4 Å². The number of hydrogen-bond donors (Lipinski definition) is 0. The molecule has 8 nitrogen and oxygen atoms in total. The van der Waals surface area contributed by atoms with Gasteiger partial charge in [-0.05, 0) is 43.4 Å². The maximum Gasteiger partial charge on any atom is 0.229 e. The maximum absolute atomic E-state index is 13.3. The van der Waals surface area contributed by atoms with Crippen LogP contribution >= 0.6 is 11.6 Å². The standard InChI is InChI=1S/C25H30ClN5O3/c1-29(2)25-27-16-19(17-7-5-8-18(26)15-17)24(28-25)20-9-3-4-13-30(20)21(32)10-6-14-31-22(33)11-12-23(31)34/h5,7-8,15-16,20H,3-4,6,9-14H2,1-2H3. The number of halogens is 1. The number of carbonyl (C=O) groups is 3. The molecule has 9 heteroatoms. The SMILES string of the molecule is CN(C)c1ncc(-c2cccc(Cl)c2)c(C2CCCCN2C(=O)CCCN2C(=O)CCC2=O)n1. The molecule has 0 saturated carbocycles. The maximum atomic E-state index is 13.3. The van der Waals surface area contributed by atoms with E-state index < -0.39 is 0 Å². The highest BCUT2D eigenvalue weighted by Gasteiger charge is 2.32. The molecule has 3 amide bonds. The lowest BCUT2D eigenvalue weighted by Gasteiger charge is -2.36. The van der Waals surface area contributed by atoms with Crippen molar-refractivity contribution in [1.82, 2.24) is 19.8 Å². The summed E-state index contributed by atoms with van der Waals surface area (Å²) in [6.07, 6.45) is 5.85. The normalized spacial score (nSPS) is 18.5. The average Bonchev–Trinajstić information content (AvgIpc) is 3.15. The predicted octanol–water partition coefficient (Wildman–Crippen LogP) is 3.85. The highest BCUT2D eigenvalue weighted by molar-refractivity contribution is 6.30. The molecule has 0 bridgehead atoms. The molecule has 0 N–H and O–H groups in total. The van der Waals surface area contributed by atoms with E-state index in [0.717, 1.165) is 36.1 Å². The fourth-order valence-electron chi connectivity index (χ4n) is 4.65. The van der Waals surface area contributed by atoms with Gasteiger partial charge in [-0.2, -0.15) is 0 Å². The van der Waals surface area contributed by atoms with E-state index in [1.165, 1.54) is 4.90 Å². The summed E-state index contributed by atoms with van der Waals surface area (Å²) in [5, 5.41) is 0.628. The van der Waals surface area contributed by atoms with Crippen molar-refractivity contribution in [2.45, 2.75) is 51.0 Å². The zero-order chi connectivity index (χ0) is 24.2. The molecule has 0 radical (unpaired) electrons. The first-order valence-corrected chi connectivity index (χ1v) is 12.2. The molecule has 180 valence electrons. The van der Waals surface area contributed by atoms with Crippen LogP contribution in [0.4, 0.5) is 5.95 Å². The van der Waals surface area contributed by atoms with Crippen LogP contribution in [0.25, 0.3) is 11.1 Å². The monoisotopic (exact) mass is 483 g/mol. The number of piperidine rings is 1. The smallest absolute Gasteiger partial charge is 0.229 e. The Labute approximate surface area is 204 Å². The predicted molar refractivity (Wildman–Crippen MR) is 130 cm³/mol. The van der Waals surface area contributed by atoms with E-state index in [4.69, 9.17) is 16.6 Å². The largest absolute Gasteiger partial charge is 0.347 e. The zero-order valence-corrected chi connectivity index (χ0v) is 20.4. The lowest BCUT2D eigenvalue weighted by atomic mass is 9.93. The van der Waals surface area contributed by atoms with Gasteiger partial charge < -0.3 is 9.80 Å². The topological polar surface area (TPSA) is 86.7 Å². The third-order valence-electron chi connectivity index (χ3n) is 6.41. The van der Waals surface area contributed by atoms with Crippen LogP contribution in [0.1, 0.15) is 56.7 Å². The number of benzene rings is 1. The Bertz CT molecular complexity index is 1070. The molecular weight excluding hydrogens is 454 g/mol. The van der Waals surface area contributed by atoms with E-state index in [9.17, 15) is 14.4 Å². The van der Waals surface area contributed by atoms with Crippen molar-refractivity contribution in [3.05, 3.63) is 41.2 Å². The minimum atomic E-state index is -0.174. The summed E-state index contributed by atoms with van der Waals surface area (Å²) in [6, 6.07) is 7.41. The first-order chi connectivity index (χ1) is 16.3. The Morgan fingerprint density at radius 3 is 2.65 bits per heavy atom. The number of carbonyl (C=O) groups excluding carboxylic acids is 3. The molecule has 0 spiro atoms. The minimum absolute atomic E-state index is 0.0193. The van der Waals surface area contributed by atoms with Gasteiger partial charge in [-0.15, -0.1) is 0 Å². The summed E-state index contributed by atoms with van der Waals surface area (Å²) in [5.74, 6) is 0.323. The first kappa shape index (κ1) is 24.1. The van der Waals surface area contributed by atoms with Crippen molar-refractivity contribution in [2.24, 2.45) is 0 Å². The van der Waals surface area contributed by atoms with Crippen LogP contribution in [0.3, 0.4) is 0 Å². The third kappa shape index (κ3) is 5.22. The van der Waals surface area contributed by atoms with Crippen molar-refractivity contribution in [3.8, 4) is 11.1 Å². The number of imide groups is 1. The van der Waals surface area contributed by atoms with Crippen molar-refractivity contribution in [3.63, 3.8) is 0 Å². The molecule has 2 aliphatic heterocycles. The summed E-state index contributed by atoms with van der Waals surface area (Å²) >= 11 is 6.26. The first-order valence-electron chi connectivity index (χ1n) is 11.8. The Hall–Kier alpha value is -3.00. The van der Waals surface area contributed by atoms with Gasteiger partial charge in [0, 0.05) is 63.2 Å². The second-order valence-electron chi connectivity index (χ2n) is 9.02. The zero-order valence-electron chi connectivity index (χ0n) is 19.7. The molecule has 3 heterocycles. The molecule has 2 fully saturated rings. The van der Waals surface area contributed by atoms with Gasteiger partial charge in [0.1, 0.15) is 0 Å². The number of likely N-dealkylation sites (tertiary alicyclic amines) is 2. The average molecular weight is 484 g/mol. The summed E-state index contributed by atoms with van der Waals surface area (Å²) in [7, 11) is 3.78. The van der Waals surface area contributed by atoms with Crippen LogP contribution in [0.15, 0.2) is 30.5 Å². The number of hydrogen-bond acceptors (Lipinski definition) is 6. The molecule has 34 heavy (non-hydrogen) atoms. The Morgan fingerprint density at radius 1 is 1.18 bits per heavy atom. The fourth-order valence-corrected chi connectivity index (χ4v) is 4.84. The highest BCUT2D eigenvalue weighted by atomic mass is 35.5. The Balaban J connectivity index is 1.58. The van der Waals surface area contributed by atoms with Crippen LogP contribution in [0.5, 0.6) is 0 Å². The molecule has 4 rings (SSSR count).